The van der Waals surface area contributed by atoms with Gasteiger partial charge in [-0.1, -0.05) is 13.8 Å². The third-order valence-corrected chi connectivity index (χ3v) is 3.48. The average Bonchev–Trinajstić information content (AvgIpc) is 2.57. The zero-order valence-electron chi connectivity index (χ0n) is 11.8. The number of aryl methyl sites for hydroxylation is 1. The Bertz CT molecular complexity index is 343. The quantitative estimate of drug-likeness (QED) is 0.817. The van der Waals surface area contributed by atoms with E-state index in [0.717, 1.165) is 19.5 Å². The summed E-state index contributed by atoms with van der Waals surface area (Å²) in [4.78, 5) is 2.31. The van der Waals surface area contributed by atoms with Gasteiger partial charge in [0, 0.05) is 30.9 Å². The first-order valence-electron chi connectivity index (χ1n) is 6.33. The predicted molar refractivity (Wildman–Crippen MR) is 71.7 cm³/mol. The van der Waals surface area contributed by atoms with Crippen molar-refractivity contribution in [2.75, 3.05) is 13.6 Å². The molecule has 98 valence electrons. The van der Waals surface area contributed by atoms with Crippen molar-refractivity contribution in [3.63, 3.8) is 0 Å². The Kier molecular flexibility index (Phi) is 5.15. The lowest BCUT2D eigenvalue weighted by molar-refractivity contribution is 0.296. The van der Waals surface area contributed by atoms with E-state index in [9.17, 15) is 0 Å². The molecule has 1 aromatic rings. The zero-order valence-corrected chi connectivity index (χ0v) is 11.8. The normalized spacial score (nSPS) is 13.6. The minimum absolute atomic E-state index is 0.299. The monoisotopic (exact) mass is 238 g/mol. The van der Waals surface area contributed by atoms with Crippen LogP contribution in [0.1, 0.15) is 31.5 Å². The minimum Gasteiger partial charge on any atom is -0.327 e. The molecule has 0 amide bonds. The summed E-state index contributed by atoms with van der Waals surface area (Å²) < 4.78 is 1.92. The van der Waals surface area contributed by atoms with Gasteiger partial charge in [-0.25, -0.2) is 0 Å². The molecule has 0 saturated heterocycles. The summed E-state index contributed by atoms with van der Waals surface area (Å²) in [5.41, 5.74) is 8.59. The molecule has 0 aromatic carbocycles. The smallest absolute Gasteiger partial charge is 0.0537 e. The second-order valence-corrected chi connectivity index (χ2v) is 5.31. The van der Waals surface area contributed by atoms with Gasteiger partial charge < -0.3 is 10.6 Å². The standard InChI is InChI=1S/C13H26N4/c1-10(2)13(14)6-7-16(4)9-12-8-15-17(5)11(12)3/h8,10,13H,6-7,9,14H2,1-5H3. The minimum atomic E-state index is 0.299. The predicted octanol–water partition coefficient (Wildman–Crippen LogP) is 1.53. The molecule has 2 N–H and O–H groups in total. The first-order chi connectivity index (χ1) is 7.91. The summed E-state index contributed by atoms with van der Waals surface area (Å²) in [6.45, 7) is 8.44. The Balaban J connectivity index is 2.40. The van der Waals surface area contributed by atoms with Crippen molar-refractivity contribution in [2.45, 2.75) is 39.8 Å². The van der Waals surface area contributed by atoms with Gasteiger partial charge in [0.05, 0.1) is 6.20 Å². The molecule has 0 aliphatic rings. The Labute approximate surface area is 105 Å². The van der Waals surface area contributed by atoms with E-state index in [2.05, 4.69) is 37.8 Å². The summed E-state index contributed by atoms with van der Waals surface area (Å²) in [5, 5.41) is 4.26. The van der Waals surface area contributed by atoms with Gasteiger partial charge in [0.1, 0.15) is 0 Å². The number of nitrogens with two attached hydrogens (primary N) is 1. The molecule has 0 radical (unpaired) electrons. The highest BCUT2D eigenvalue weighted by Crippen LogP contribution is 2.10. The lowest BCUT2D eigenvalue weighted by Crippen LogP contribution is -2.31. The average molecular weight is 238 g/mol. The van der Waals surface area contributed by atoms with Crippen LogP contribution in [0.4, 0.5) is 0 Å². The van der Waals surface area contributed by atoms with E-state index in [1.165, 1.54) is 11.3 Å². The van der Waals surface area contributed by atoms with Gasteiger partial charge in [0.2, 0.25) is 0 Å². The Morgan fingerprint density at radius 2 is 2.12 bits per heavy atom. The van der Waals surface area contributed by atoms with Gasteiger partial charge in [-0.15, -0.1) is 0 Å². The molecule has 1 rings (SSSR count). The summed E-state index contributed by atoms with van der Waals surface area (Å²) >= 11 is 0. The number of rotatable bonds is 6. The molecule has 17 heavy (non-hydrogen) atoms. The van der Waals surface area contributed by atoms with Crippen LogP contribution < -0.4 is 5.73 Å². The number of hydrogen-bond acceptors (Lipinski definition) is 3. The lowest BCUT2D eigenvalue weighted by atomic mass is 10.0. The molecule has 0 fully saturated rings. The first-order valence-corrected chi connectivity index (χ1v) is 6.33. The number of hydrogen-bond donors (Lipinski definition) is 1. The van der Waals surface area contributed by atoms with Crippen molar-refractivity contribution < 1.29 is 0 Å². The van der Waals surface area contributed by atoms with E-state index >= 15 is 0 Å². The van der Waals surface area contributed by atoms with E-state index < -0.39 is 0 Å². The molecular formula is C13H26N4. The summed E-state index contributed by atoms with van der Waals surface area (Å²) in [5.74, 6) is 0.559. The van der Waals surface area contributed by atoms with Crippen molar-refractivity contribution in [3.05, 3.63) is 17.5 Å². The number of aromatic nitrogens is 2. The summed E-state index contributed by atoms with van der Waals surface area (Å²) in [6.07, 6.45) is 3.00. The van der Waals surface area contributed by atoms with E-state index in [0.29, 0.717) is 12.0 Å². The fourth-order valence-electron chi connectivity index (χ4n) is 1.77. The third-order valence-electron chi connectivity index (χ3n) is 3.48. The second kappa shape index (κ2) is 6.17. The van der Waals surface area contributed by atoms with Crippen molar-refractivity contribution in [3.8, 4) is 0 Å². The van der Waals surface area contributed by atoms with Crippen LogP contribution in [0.25, 0.3) is 0 Å². The molecule has 4 heteroatoms. The molecule has 0 aliphatic carbocycles. The fourth-order valence-corrected chi connectivity index (χ4v) is 1.77. The van der Waals surface area contributed by atoms with E-state index in [4.69, 9.17) is 5.73 Å². The van der Waals surface area contributed by atoms with Crippen molar-refractivity contribution in [2.24, 2.45) is 18.7 Å². The van der Waals surface area contributed by atoms with Crippen molar-refractivity contribution >= 4 is 0 Å². The highest BCUT2D eigenvalue weighted by molar-refractivity contribution is 5.15. The Morgan fingerprint density at radius 3 is 2.59 bits per heavy atom. The van der Waals surface area contributed by atoms with Gasteiger partial charge in [0.25, 0.3) is 0 Å². The fraction of sp³-hybridized carbons (Fsp3) is 0.769. The maximum atomic E-state index is 6.05. The Morgan fingerprint density at radius 1 is 1.47 bits per heavy atom. The lowest BCUT2D eigenvalue weighted by Gasteiger charge is -2.21. The SMILES string of the molecule is Cc1c(CN(C)CCC(N)C(C)C)cnn1C. The van der Waals surface area contributed by atoms with Crippen LogP contribution in [0.15, 0.2) is 6.20 Å². The third kappa shape index (κ3) is 4.13. The zero-order chi connectivity index (χ0) is 13.0. The topological polar surface area (TPSA) is 47.1 Å². The first kappa shape index (κ1) is 14.2. The highest BCUT2D eigenvalue weighted by Gasteiger charge is 2.10. The molecule has 0 aliphatic heterocycles. The van der Waals surface area contributed by atoms with Crippen LogP contribution in [0.5, 0.6) is 0 Å². The largest absolute Gasteiger partial charge is 0.327 e. The van der Waals surface area contributed by atoms with Crippen LogP contribution in [-0.4, -0.2) is 34.3 Å². The molecule has 4 nitrogen and oxygen atoms in total. The number of nitrogens with zero attached hydrogens (tertiary/aromatic N) is 3. The molecule has 1 heterocycles. The van der Waals surface area contributed by atoms with Gasteiger partial charge in [-0.05, 0) is 32.9 Å². The van der Waals surface area contributed by atoms with Crippen molar-refractivity contribution in [1.29, 1.82) is 0 Å². The molecule has 0 saturated carbocycles. The highest BCUT2D eigenvalue weighted by atomic mass is 15.3. The van der Waals surface area contributed by atoms with E-state index in [1.54, 1.807) is 0 Å². The van der Waals surface area contributed by atoms with Crippen molar-refractivity contribution in [1.82, 2.24) is 14.7 Å². The summed E-state index contributed by atoms with van der Waals surface area (Å²) in [6, 6.07) is 0.299. The van der Waals surface area contributed by atoms with Gasteiger partial charge in [-0.3, -0.25) is 4.68 Å². The molecular weight excluding hydrogens is 212 g/mol. The van der Waals surface area contributed by atoms with E-state index in [-0.39, 0.29) is 0 Å². The maximum Gasteiger partial charge on any atom is 0.0537 e. The molecule has 1 aromatic heterocycles. The summed E-state index contributed by atoms with van der Waals surface area (Å²) in [7, 11) is 4.12. The molecule has 0 spiro atoms. The van der Waals surface area contributed by atoms with Gasteiger partial charge in [-0.2, -0.15) is 5.10 Å². The van der Waals surface area contributed by atoms with E-state index in [1.807, 2.05) is 17.9 Å². The van der Waals surface area contributed by atoms with Crippen LogP contribution in [0.3, 0.4) is 0 Å². The Hall–Kier alpha value is -0.870. The van der Waals surface area contributed by atoms with Gasteiger partial charge in [0.15, 0.2) is 0 Å². The maximum absolute atomic E-state index is 6.05. The van der Waals surface area contributed by atoms with Crippen LogP contribution >= 0.6 is 0 Å². The van der Waals surface area contributed by atoms with Crippen LogP contribution in [0, 0.1) is 12.8 Å². The second-order valence-electron chi connectivity index (χ2n) is 5.31. The molecule has 1 unspecified atom stereocenters. The molecule has 1 atom stereocenters. The van der Waals surface area contributed by atoms with Gasteiger partial charge >= 0.3 is 0 Å². The van der Waals surface area contributed by atoms with Crippen LogP contribution in [0.2, 0.25) is 0 Å². The molecule has 0 bridgehead atoms. The van der Waals surface area contributed by atoms with Crippen LogP contribution in [-0.2, 0) is 13.6 Å².